The van der Waals surface area contributed by atoms with Crippen LogP contribution in [0.2, 0.25) is 0 Å². The number of ketones is 1. The highest BCUT2D eigenvalue weighted by Gasteiger charge is 2.45. The SMILES string of the molecule is CSCC[C@H](N)C(=O)N[C@@H](CC(=O)O)C(=O)C(C)N(C(=O)OC(C)(C)C)C1(C)CCCCC1. The van der Waals surface area contributed by atoms with Crippen molar-refractivity contribution in [1.82, 2.24) is 10.2 Å². The first-order valence-electron chi connectivity index (χ1n) is 11.5. The van der Waals surface area contributed by atoms with Gasteiger partial charge in [-0.15, -0.1) is 0 Å². The van der Waals surface area contributed by atoms with Gasteiger partial charge in [-0.1, -0.05) is 19.3 Å². The van der Waals surface area contributed by atoms with Crippen LogP contribution in [-0.4, -0.2) is 75.0 Å². The van der Waals surface area contributed by atoms with Gasteiger partial charge in [0.05, 0.1) is 18.5 Å². The minimum absolute atomic E-state index is 0.401. The van der Waals surface area contributed by atoms with E-state index in [4.69, 9.17) is 10.5 Å². The first-order chi connectivity index (χ1) is 15.2. The summed E-state index contributed by atoms with van der Waals surface area (Å²) >= 11 is 1.54. The van der Waals surface area contributed by atoms with E-state index in [9.17, 15) is 24.3 Å². The number of nitrogens with two attached hydrogens (primary N) is 1. The van der Waals surface area contributed by atoms with E-state index in [1.54, 1.807) is 27.7 Å². The fraction of sp³-hybridized carbons (Fsp3) is 0.826. The van der Waals surface area contributed by atoms with Gasteiger partial charge in [0, 0.05) is 5.54 Å². The van der Waals surface area contributed by atoms with Gasteiger partial charge in [0.15, 0.2) is 5.78 Å². The Morgan fingerprint density at radius 2 is 1.76 bits per heavy atom. The van der Waals surface area contributed by atoms with Crippen LogP contribution >= 0.6 is 11.8 Å². The van der Waals surface area contributed by atoms with Crippen LogP contribution in [-0.2, 0) is 19.1 Å². The van der Waals surface area contributed by atoms with E-state index in [2.05, 4.69) is 5.32 Å². The monoisotopic (exact) mass is 487 g/mol. The molecule has 4 N–H and O–H groups in total. The summed E-state index contributed by atoms with van der Waals surface area (Å²) in [6, 6.07) is -3.15. The summed E-state index contributed by atoms with van der Waals surface area (Å²) in [5, 5.41) is 11.9. The van der Waals surface area contributed by atoms with Gasteiger partial charge in [-0.05, 0) is 65.9 Å². The molecule has 1 rings (SSSR count). The number of amides is 2. The number of hydrogen-bond donors (Lipinski definition) is 3. The Balaban J connectivity index is 3.20. The summed E-state index contributed by atoms with van der Waals surface area (Å²) in [7, 11) is 0. The first-order valence-corrected chi connectivity index (χ1v) is 12.9. The van der Waals surface area contributed by atoms with Gasteiger partial charge < -0.3 is 20.9 Å². The van der Waals surface area contributed by atoms with Crippen LogP contribution in [0.25, 0.3) is 0 Å². The molecule has 190 valence electrons. The third-order valence-electron chi connectivity index (χ3n) is 5.91. The first kappa shape index (κ1) is 29.2. The maximum atomic E-state index is 13.5. The van der Waals surface area contributed by atoms with Crippen LogP contribution in [0.5, 0.6) is 0 Å². The second kappa shape index (κ2) is 12.6. The molecule has 0 aromatic rings. The molecule has 1 aliphatic carbocycles. The molecule has 1 saturated carbocycles. The zero-order valence-electron chi connectivity index (χ0n) is 20.8. The smallest absolute Gasteiger partial charge is 0.411 e. The van der Waals surface area contributed by atoms with Crippen LogP contribution in [0.4, 0.5) is 4.79 Å². The summed E-state index contributed by atoms with van der Waals surface area (Å²) < 4.78 is 5.62. The quantitative estimate of drug-likeness (QED) is 0.404. The summed E-state index contributed by atoms with van der Waals surface area (Å²) in [5.41, 5.74) is 4.53. The minimum atomic E-state index is -1.30. The van der Waals surface area contributed by atoms with Crippen molar-refractivity contribution in [2.75, 3.05) is 12.0 Å². The van der Waals surface area contributed by atoms with Crippen LogP contribution < -0.4 is 11.1 Å². The Labute approximate surface area is 201 Å². The number of nitrogens with one attached hydrogen (secondary N) is 1. The van der Waals surface area contributed by atoms with Crippen LogP contribution in [0.15, 0.2) is 0 Å². The molecule has 1 unspecified atom stereocenters. The average molecular weight is 488 g/mol. The van der Waals surface area contributed by atoms with Crippen LogP contribution in [0, 0.1) is 0 Å². The highest BCUT2D eigenvalue weighted by atomic mass is 32.2. The Kier molecular flexibility index (Phi) is 11.2. The number of carboxylic acids is 1. The molecular formula is C23H41N3O6S. The van der Waals surface area contributed by atoms with Gasteiger partial charge in [-0.25, -0.2) is 4.79 Å². The molecule has 0 saturated heterocycles. The number of Topliss-reactive ketones (excluding diaryl/α,β-unsaturated/α-hetero) is 1. The average Bonchev–Trinajstić information content (AvgIpc) is 2.69. The number of carbonyl (C=O) groups excluding carboxylic acids is 3. The van der Waals surface area contributed by atoms with E-state index in [-0.39, 0.29) is 0 Å². The van der Waals surface area contributed by atoms with E-state index < -0.39 is 59.4 Å². The zero-order chi connectivity index (χ0) is 25.4. The van der Waals surface area contributed by atoms with E-state index in [0.717, 1.165) is 19.3 Å². The zero-order valence-corrected chi connectivity index (χ0v) is 21.6. The maximum absolute atomic E-state index is 13.5. The van der Waals surface area contributed by atoms with Crippen molar-refractivity contribution in [2.45, 2.75) is 109 Å². The molecule has 0 aromatic heterocycles. The summed E-state index contributed by atoms with van der Waals surface area (Å²) in [5.74, 6) is -1.71. The van der Waals surface area contributed by atoms with E-state index >= 15 is 0 Å². The molecule has 0 aliphatic heterocycles. The topological polar surface area (TPSA) is 139 Å². The highest BCUT2D eigenvalue weighted by Crippen LogP contribution is 2.36. The van der Waals surface area contributed by atoms with E-state index in [1.807, 2.05) is 13.2 Å². The lowest BCUT2D eigenvalue weighted by Gasteiger charge is -2.47. The molecule has 0 aromatic carbocycles. The molecule has 0 radical (unpaired) electrons. The summed E-state index contributed by atoms with van der Waals surface area (Å²) in [6.07, 6.45) is 5.36. The van der Waals surface area contributed by atoms with Gasteiger partial charge in [0.1, 0.15) is 11.6 Å². The van der Waals surface area contributed by atoms with Crippen LogP contribution in [0.1, 0.15) is 79.6 Å². The summed E-state index contributed by atoms with van der Waals surface area (Å²) in [6.45, 7) is 8.76. The number of hydrogen-bond acceptors (Lipinski definition) is 7. The highest BCUT2D eigenvalue weighted by molar-refractivity contribution is 7.98. The van der Waals surface area contributed by atoms with Crippen molar-refractivity contribution in [3.8, 4) is 0 Å². The largest absolute Gasteiger partial charge is 0.481 e. The molecule has 9 nitrogen and oxygen atoms in total. The normalized spacial score (nSPS) is 18.5. The second-order valence-electron chi connectivity index (χ2n) is 10.0. The van der Waals surface area contributed by atoms with Gasteiger partial charge >= 0.3 is 12.1 Å². The number of carboxylic acid groups (broad SMARTS) is 1. The third-order valence-corrected chi connectivity index (χ3v) is 6.55. The Bertz CT molecular complexity index is 703. The lowest BCUT2D eigenvalue weighted by Crippen LogP contribution is -2.61. The number of nitrogens with zero attached hydrogens (tertiary/aromatic N) is 1. The van der Waals surface area contributed by atoms with Gasteiger partial charge in [0.25, 0.3) is 0 Å². The Morgan fingerprint density at radius 3 is 2.24 bits per heavy atom. The molecule has 3 atom stereocenters. The lowest BCUT2D eigenvalue weighted by molar-refractivity contribution is -0.141. The molecule has 33 heavy (non-hydrogen) atoms. The van der Waals surface area contributed by atoms with Crippen molar-refractivity contribution < 1.29 is 29.0 Å². The molecule has 0 heterocycles. The van der Waals surface area contributed by atoms with Gasteiger partial charge in [0.2, 0.25) is 5.91 Å². The minimum Gasteiger partial charge on any atom is -0.481 e. The fourth-order valence-corrected chi connectivity index (χ4v) is 4.67. The van der Waals surface area contributed by atoms with Crippen molar-refractivity contribution in [1.29, 1.82) is 0 Å². The molecule has 0 spiro atoms. The molecule has 2 amide bonds. The fourth-order valence-electron chi connectivity index (χ4n) is 4.18. The lowest BCUT2D eigenvalue weighted by atomic mass is 9.80. The Morgan fingerprint density at radius 1 is 1.18 bits per heavy atom. The number of rotatable bonds is 11. The number of carbonyl (C=O) groups is 4. The predicted molar refractivity (Wildman–Crippen MR) is 129 cm³/mol. The third kappa shape index (κ3) is 9.16. The van der Waals surface area contributed by atoms with E-state index in [1.165, 1.54) is 16.7 Å². The molecule has 1 aliphatic rings. The standard InChI is InChI=1S/C23H41N3O6S/c1-15(19(29)17(14-18(27)28)25-20(30)16(24)10-13-33-6)26(21(31)32-22(2,3)4)23(5)11-8-7-9-12-23/h15-17H,7-14,24H2,1-6H3,(H,25,30)(H,27,28)/t15?,16-,17-/m0/s1. The Hall–Kier alpha value is -1.81. The number of ether oxygens (including phenoxy) is 1. The van der Waals surface area contributed by atoms with Gasteiger partial charge in [-0.2, -0.15) is 11.8 Å². The van der Waals surface area contributed by atoms with Crippen LogP contribution in [0.3, 0.4) is 0 Å². The van der Waals surface area contributed by atoms with Gasteiger partial charge in [-0.3, -0.25) is 19.3 Å². The molecular weight excluding hydrogens is 446 g/mol. The van der Waals surface area contributed by atoms with Crippen molar-refractivity contribution in [3.63, 3.8) is 0 Å². The molecule has 0 bridgehead atoms. The van der Waals surface area contributed by atoms with Crippen molar-refractivity contribution in [3.05, 3.63) is 0 Å². The molecule has 1 fully saturated rings. The second-order valence-corrected chi connectivity index (χ2v) is 11.0. The predicted octanol–water partition coefficient (Wildman–Crippen LogP) is 2.94. The van der Waals surface area contributed by atoms with Crippen molar-refractivity contribution in [2.24, 2.45) is 5.73 Å². The number of thioether (sulfide) groups is 1. The summed E-state index contributed by atoms with van der Waals surface area (Å²) in [4.78, 5) is 52.2. The number of aliphatic carboxylic acids is 1. The molecule has 10 heteroatoms. The van der Waals surface area contributed by atoms with E-state index in [0.29, 0.717) is 25.0 Å². The maximum Gasteiger partial charge on any atom is 0.411 e. The van der Waals surface area contributed by atoms with Crippen molar-refractivity contribution >= 4 is 35.5 Å².